The molecular formula is C20H30N2O4. The van der Waals surface area contributed by atoms with Crippen molar-refractivity contribution < 1.29 is 19.1 Å². The van der Waals surface area contributed by atoms with E-state index >= 15 is 0 Å². The van der Waals surface area contributed by atoms with Crippen LogP contribution in [0.2, 0.25) is 0 Å². The van der Waals surface area contributed by atoms with Crippen molar-refractivity contribution in [3.8, 4) is 11.5 Å². The van der Waals surface area contributed by atoms with Gasteiger partial charge in [0.15, 0.2) is 11.5 Å². The van der Waals surface area contributed by atoms with Crippen LogP contribution in [0.15, 0.2) is 18.2 Å². The largest absolute Gasteiger partial charge is 0.493 e. The zero-order valence-corrected chi connectivity index (χ0v) is 16.1. The van der Waals surface area contributed by atoms with E-state index in [1.54, 1.807) is 19.1 Å². The van der Waals surface area contributed by atoms with Gasteiger partial charge in [0.2, 0.25) is 11.8 Å². The molecule has 0 unspecified atom stereocenters. The molecule has 26 heavy (non-hydrogen) atoms. The maximum absolute atomic E-state index is 12.4. The van der Waals surface area contributed by atoms with Crippen LogP contribution >= 0.6 is 0 Å². The lowest BCUT2D eigenvalue weighted by Crippen LogP contribution is -2.35. The molecule has 1 saturated heterocycles. The van der Waals surface area contributed by atoms with Gasteiger partial charge in [-0.2, -0.15) is 0 Å². The molecule has 0 bridgehead atoms. The number of likely N-dealkylation sites (tertiary alicyclic amines) is 1. The number of amides is 2. The third-order valence-corrected chi connectivity index (χ3v) is 4.64. The standard InChI is InChI=1S/C20H30N2O4/c1-4-26-18-14-16(9-10-17(18)25-3)15-21(2)19(23)11-13-22-12-7-5-6-8-20(22)24/h9-10,14H,4-8,11-13,15H2,1-3H3. The molecule has 1 aromatic carbocycles. The number of ether oxygens (including phenoxy) is 2. The average Bonchev–Trinajstić information content (AvgIpc) is 2.84. The van der Waals surface area contributed by atoms with Gasteiger partial charge in [0.1, 0.15) is 0 Å². The van der Waals surface area contributed by atoms with Crippen molar-refractivity contribution in [3.05, 3.63) is 23.8 Å². The molecule has 1 aliphatic rings. The topological polar surface area (TPSA) is 59.1 Å². The molecule has 0 radical (unpaired) electrons. The van der Waals surface area contributed by atoms with E-state index in [4.69, 9.17) is 9.47 Å². The summed E-state index contributed by atoms with van der Waals surface area (Å²) in [6.07, 6.45) is 4.05. The van der Waals surface area contributed by atoms with Crippen molar-refractivity contribution in [3.63, 3.8) is 0 Å². The minimum Gasteiger partial charge on any atom is -0.493 e. The van der Waals surface area contributed by atoms with Gasteiger partial charge in [0.25, 0.3) is 0 Å². The lowest BCUT2D eigenvalue weighted by molar-refractivity contribution is -0.133. The van der Waals surface area contributed by atoms with Gasteiger partial charge in [-0.05, 0) is 37.5 Å². The van der Waals surface area contributed by atoms with Gasteiger partial charge in [-0.3, -0.25) is 9.59 Å². The highest BCUT2D eigenvalue weighted by atomic mass is 16.5. The van der Waals surface area contributed by atoms with E-state index in [0.717, 1.165) is 31.4 Å². The Kier molecular flexibility index (Phi) is 7.75. The van der Waals surface area contributed by atoms with Crippen LogP contribution in [-0.4, -0.2) is 55.5 Å². The molecule has 1 heterocycles. The van der Waals surface area contributed by atoms with Crippen molar-refractivity contribution in [2.24, 2.45) is 0 Å². The molecule has 0 N–H and O–H groups in total. The monoisotopic (exact) mass is 362 g/mol. The first-order valence-corrected chi connectivity index (χ1v) is 9.36. The van der Waals surface area contributed by atoms with Gasteiger partial charge in [-0.1, -0.05) is 12.5 Å². The number of carbonyl (C=O) groups excluding carboxylic acids is 2. The molecule has 6 heteroatoms. The summed E-state index contributed by atoms with van der Waals surface area (Å²) >= 11 is 0. The minimum atomic E-state index is 0.0378. The molecule has 1 fully saturated rings. The molecule has 6 nitrogen and oxygen atoms in total. The molecule has 0 spiro atoms. The molecule has 1 aromatic rings. The van der Waals surface area contributed by atoms with E-state index in [-0.39, 0.29) is 11.8 Å². The zero-order chi connectivity index (χ0) is 18.9. The van der Waals surface area contributed by atoms with Crippen LogP contribution in [0.1, 0.15) is 44.6 Å². The molecule has 2 rings (SSSR count). The van der Waals surface area contributed by atoms with E-state index in [9.17, 15) is 9.59 Å². The number of carbonyl (C=O) groups is 2. The minimum absolute atomic E-state index is 0.0378. The Balaban J connectivity index is 1.90. The van der Waals surface area contributed by atoms with E-state index < -0.39 is 0 Å². The van der Waals surface area contributed by atoms with E-state index in [1.807, 2.05) is 30.0 Å². The molecule has 0 saturated carbocycles. The number of hydrogen-bond donors (Lipinski definition) is 0. The summed E-state index contributed by atoms with van der Waals surface area (Å²) in [5.41, 5.74) is 0.982. The van der Waals surface area contributed by atoms with E-state index in [2.05, 4.69) is 0 Å². The van der Waals surface area contributed by atoms with Crippen LogP contribution < -0.4 is 9.47 Å². The van der Waals surface area contributed by atoms with Gasteiger partial charge in [0, 0.05) is 39.5 Å². The maximum atomic E-state index is 12.4. The van der Waals surface area contributed by atoms with Gasteiger partial charge in [0.05, 0.1) is 13.7 Å². The van der Waals surface area contributed by atoms with Crippen LogP contribution in [0.5, 0.6) is 11.5 Å². The van der Waals surface area contributed by atoms with Gasteiger partial charge < -0.3 is 19.3 Å². The van der Waals surface area contributed by atoms with Gasteiger partial charge in [-0.25, -0.2) is 0 Å². The van der Waals surface area contributed by atoms with Crippen molar-refractivity contribution in [1.29, 1.82) is 0 Å². The van der Waals surface area contributed by atoms with Gasteiger partial charge >= 0.3 is 0 Å². The van der Waals surface area contributed by atoms with E-state index in [1.165, 1.54) is 0 Å². The summed E-state index contributed by atoms with van der Waals surface area (Å²) in [5.74, 6) is 1.58. The van der Waals surface area contributed by atoms with Crippen LogP contribution in [0.25, 0.3) is 0 Å². The normalized spacial score (nSPS) is 14.7. The lowest BCUT2D eigenvalue weighted by atomic mass is 10.2. The fourth-order valence-corrected chi connectivity index (χ4v) is 3.15. The molecule has 1 aliphatic heterocycles. The zero-order valence-electron chi connectivity index (χ0n) is 16.1. The predicted molar refractivity (Wildman–Crippen MR) is 100 cm³/mol. The summed E-state index contributed by atoms with van der Waals surface area (Å²) in [7, 11) is 3.40. The van der Waals surface area contributed by atoms with Crippen molar-refractivity contribution in [1.82, 2.24) is 9.80 Å². The summed E-state index contributed by atoms with van der Waals surface area (Å²) in [5, 5.41) is 0. The second-order valence-corrected chi connectivity index (χ2v) is 6.61. The first-order valence-electron chi connectivity index (χ1n) is 9.36. The summed E-state index contributed by atoms with van der Waals surface area (Å²) < 4.78 is 10.9. The van der Waals surface area contributed by atoms with Crippen molar-refractivity contribution >= 4 is 11.8 Å². The molecule has 0 atom stereocenters. The Labute approximate surface area is 156 Å². The van der Waals surface area contributed by atoms with E-state index in [0.29, 0.717) is 44.0 Å². The van der Waals surface area contributed by atoms with Crippen LogP contribution in [0, 0.1) is 0 Å². The maximum Gasteiger partial charge on any atom is 0.224 e. The first-order chi connectivity index (χ1) is 12.5. The number of hydrogen-bond acceptors (Lipinski definition) is 4. The third kappa shape index (κ3) is 5.64. The number of benzene rings is 1. The third-order valence-electron chi connectivity index (χ3n) is 4.64. The highest BCUT2D eigenvalue weighted by Gasteiger charge is 2.18. The number of rotatable bonds is 8. The highest BCUT2D eigenvalue weighted by molar-refractivity contribution is 5.79. The Morgan fingerprint density at radius 1 is 1.23 bits per heavy atom. The van der Waals surface area contributed by atoms with Crippen LogP contribution in [0.4, 0.5) is 0 Å². The second kappa shape index (κ2) is 10.0. The number of methoxy groups -OCH3 is 1. The first kappa shape index (κ1) is 20.1. The Bertz CT molecular complexity index is 618. The predicted octanol–water partition coefficient (Wildman–Crippen LogP) is 2.85. The molecule has 144 valence electrons. The van der Waals surface area contributed by atoms with Gasteiger partial charge in [-0.15, -0.1) is 0 Å². The molecule has 0 aromatic heterocycles. The number of nitrogens with zero attached hydrogens (tertiary/aromatic N) is 2. The fourth-order valence-electron chi connectivity index (χ4n) is 3.15. The average molecular weight is 362 g/mol. The summed E-state index contributed by atoms with van der Waals surface area (Å²) in [6, 6.07) is 5.70. The molecule has 0 aliphatic carbocycles. The Morgan fingerprint density at radius 2 is 2.04 bits per heavy atom. The summed E-state index contributed by atoms with van der Waals surface area (Å²) in [4.78, 5) is 28.0. The fraction of sp³-hybridized carbons (Fsp3) is 0.600. The van der Waals surface area contributed by atoms with Crippen LogP contribution in [0.3, 0.4) is 0 Å². The SMILES string of the molecule is CCOc1cc(CN(C)C(=O)CCN2CCCCCC2=O)ccc1OC. The van der Waals surface area contributed by atoms with Crippen LogP contribution in [-0.2, 0) is 16.1 Å². The second-order valence-electron chi connectivity index (χ2n) is 6.61. The highest BCUT2D eigenvalue weighted by Crippen LogP contribution is 2.28. The Hall–Kier alpha value is -2.24. The molecule has 2 amide bonds. The Morgan fingerprint density at radius 3 is 2.77 bits per heavy atom. The summed E-state index contributed by atoms with van der Waals surface area (Å²) in [6.45, 7) is 4.25. The van der Waals surface area contributed by atoms with Crippen molar-refractivity contribution in [2.75, 3.05) is 33.9 Å². The quantitative estimate of drug-likeness (QED) is 0.713. The lowest BCUT2D eigenvalue weighted by Gasteiger charge is -2.23. The van der Waals surface area contributed by atoms with Crippen molar-refractivity contribution in [2.45, 2.75) is 45.6 Å². The smallest absolute Gasteiger partial charge is 0.224 e. The molecular weight excluding hydrogens is 332 g/mol.